The van der Waals surface area contributed by atoms with Crippen molar-refractivity contribution in [3.8, 4) is 11.5 Å². The first-order chi connectivity index (χ1) is 10.6. The fourth-order valence-corrected chi connectivity index (χ4v) is 2.84. The first-order valence-electron chi connectivity index (χ1n) is 7.30. The lowest BCUT2D eigenvalue weighted by Crippen LogP contribution is -2.48. The highest BCUT2D eigenvalue weighted by Gasteiger charge is 2.32. The number of nitrogens with zero attached hydrogens (tertiary/aromatic N) is 1. The van der Waals surface area contributed by atoms with Crippen LogP contribution in [0.15, 0.2) is 18.2 Å². The minimum absolute atomic E-state index is 0.0664. The molecule has 1 saturated heterocycles. The number of benzene rings is 1. The third-order valence-electron chi connectivity index (χ3n) is 3.97. The summed E-state index contributed by atoms with van der Waals surface area (Å²) >= 11 is 0. The zero-order valence-corrected chi connectivity index (χ0v) is 12.9. The van der Waals surface area contributed by atoms with Crippen LogP contribution >= 0.6 is 0 Å². The first kappa shape index (κ1) is 16.1. The average molecular weight is 307 g/mol. The largest absolute Gasteiger partial charge is 0.496 e. The third kappa shape index (κ3) is 3.32. The molecule has 1 fully saturated rings. The van der Waals surface area contributed by atoms with E-state index >= 15 is 0 Å². The highest BCUT2D eigenvalue weighted by Crippen LogP contribution is 2.30. The zero-order chi connectivity index (χ0) is 16.1. The van der Waals surface area contributed by atoms with Gasteiger partial charge in [-0.2, -0.15) is 0 Å². The number of carbonyl (C=O) groups is 2. The molecule has 0 aliphatic carbocycles. The van der Waals surface area contributed by atoms with Crippen LogP contribution in [0.1, 0.15) is 24.8 Å². The molecule has 0 radical (unpaired) electrons. The minimum atomic E-state index is -0.944. The minimum Gasteiger partial charge on any atom is -0.496 e. The number of likely N-dealkylation sites (tertiary alicyclic amines) is 1. The molecule has 1 atom stereocenters. The molecule has 22 heavy (non-hydrogen) atoms. The van der Waals surface area contributed by atoms with Gasteiger partial charge in [-0.1, -0.05) is 6.07 Å². The van der Waals surface area contributed by atoms with E-state index in [9.17, 15) is 14.7 Å². The SMILES string of the molecule is COc1cccc(OC)c1CC(=O)N1CCCCC1C(=O)O. The van der Waals surface area contributed by atoms with Gasteiger partial charge < -0.3 is 19.5 Å². The van der Waals surface area contributed by atoms with Crippen molar-refractivity contribution in [2.24, 2.45) is 0 Å². The van der Waals surface area contributed by atoms with E-state index in [1.165, 1.54) is 19.1 Å². The van der Waals surface area contributed by atoms with Gasteiger partial charge in [0.2, 0.25) is 5.91 Å². The van der Waals surface area contributed by atoms with Crippen molar-refractivity contribution in [1.29, 1.82) is 0 Å². The Morgan fingerprint density at radius 1 is 1.23 bits per heavy atom. The summed E-state index contributed by atoms with van der Waals surface area (Å²) < 4.78 is 10.6. The molecular formula is C16H21NO5. The molecule has 1 aromatic rings. The molecule has 0 saturated carbocycles. The molecule has 120 valence electrons. The zero-order valence-electron chi connectivity index (χ0n) is 12.9. The van der Waals surface area contributed by atoms with Gasteiger partial charge >= 0.3 is 5.97 Å². The van der Waals surface area contributed by atoms with Gasteiger partial charge in [0.15, 0.2) is 0 Å². The Kier molecular flexibility index (Phi) is 5.25. The molecule has 1 aliphatic rings. The van der Waals surface area contributed by atoms with E-state index in [0.29, 0.717) is 30.0 Å². The van der Waals surface area contributed by atoms with Crippen LogP contribution in [0.3, 0.4) is 0 Å². The topological polar surface area (TPSA) is 76.1 Å². The quantitative estimate of drug-likeness (QED) is 0.896. The number of hydrogen-bond donors (Lipinski definition) is 1. The van der Waals surface area contributed by atoms with Crippen molar-refractivity contribution >= 4 is 11.9 Å². The lowest BCUT2D eigenvalue weighted by atomic mass is 10.0. The van der Waals surface area contributed by atoms with E-state index < -0.39 is 12.0 Å². The summed E-state index contributed by atoms with van der Waals surface area (Å²) in [7, 11) is 3.06. The fraction of sp³-hybridized carbons (Fsp3) is 0.500. The number of carboxylic acids is 1. The van der Waals surface area contributed by atoms with E-state index in [4.69, 9.17) is 9.47 Å². The molecule has 2 rings (SSSR count). The smallest absolute Gasteiger partial charge is 0.326 e. The number of hydrogen-bond acceptors (Lipinski definition) is 4. The van der Waals surface area contributed by atoms with Gasteiger partial charge in [-0.15, -0.1) is 0 Å². The van der Waals surface area contributed by atoms with Gasteiger partial charge in [0.05, 0.1) is 20.6 Å². The molecule has 0 spiro atoms. The van der Waals surface area contributed by atoms with Crippen molar-refractivity contribution in [3.05, 3.63) is 23.8 Å². The van der Waals surface area contributed by atoms with E-state index in [1.807, 2.05) is 0 Å². The van der Waals surface area contributed by atoms with Crippen LogP contribution in [0.25, 0.3) is 0 Å². The third-order valence-corrected chi connectivity index (χ3v) is 3.97. The second kappa shape index (κ2) is 7.15. The fourth-order valence-electron chi connectivity index (χ4n) is 2.84. The summed E-state index contributed by atoms with van der Waals surface area (Å²) in [4.78, 5) is 25.4. The van der Waals surface area contributed by atoms with Crippen molar-refractivity contribution in [3.63, 3.8) is 0 Å². The number of carboxylic acid groups (broad SMARTS) is 1. The lowest BCUT2D eigenvalue weighted by molar-refractivity contribution is -0.151. The van der Waals surface area contributed by atoms with Gasteiger partial charge in [0, 0.05) is 12.1 Å². The molecule has 1 aliphatic heterocycles. The second-order valence-electron chi connectivity index (χ2n) is 5.25. The summed E-state index contributed by atoms with van der Waals surface area (Å²) in [6.45, 7) is 0.479. The molecule has 1 unspecified atom stereocenters. The number of amides is 1. The molecule has 0 aromatic heterocycles. The Bertz CT molecular complexity index is 535. The second-order valence-corrected chi connectivity index (χ2v) is 5.25. The molecule has 6 nitrogen and oxygen atoms in total. The van der Waals surface area contributed by atoms with Gasteiger partial charge in [0.1, 0.15) is 17.5 Å². The number of ether oxygens (including phenoxy) is 2. The predicted octanol–water partition coefficient (Wildman–Crippen LogP) is 1.71. The summed E-state index contributed by atoms with van der Waals surface area (Å²) in [6.07, 6.45) is 2.23. The van der Waals surface area contributed by atoms with Crippen molar-refractivity contribution < 1.29 is 24.2 Å². The highest BCUT2D eigenvalue weighted by molar-refractivity contribution is 5.86. The van der Waals surface area contributed by atoms with Crippen LogP contribution in [0.4, 0.5) is 0 Å². The Labute approximate surface area is 129 Å². The molecule has 1 heterocycles. The highest BCUT2D eigenvalue weighted by atomic mass is 16.5. The van der Waals surface area contributed by atoms with Crippen LogP contribution in [0.2, 0.25) is 0 Å². The van der Waals surface area contributed by atoms with Crippen molar-refractivity contribution in [2.45, 2.75) is 31.7 Å². The average Bonchev–Trinajstić information content (AvgIpc) is 2.54. The number of aliphatic carboxylic acids is 1. The number of methoxy groups -OCH3 is 2. The summed E-state index contributed by atoms with van der Waals surface area (Å²) in [5, 5.41) is 9.28. The maximum Gasteiger partial charge on any atom is 0.326 e. The summed E-state index contributed by atoms with van der Waals surface area (Å²) in [6, 6.07) is 4.57. The van der Waals surface area contributed by atoms with E-state index in [1.54, 1.807) is 18.2 Å². The number of rotatable bonds is 5. The van der Waals surface area contributed by atoms with Gasteiger partial charge in [-0.3, -0.25) is 4.79 Å². The molecule has 0 bridgehead atoms. The van der Waals surface area contributed by atoms with Crippen LogP contribution in [-0.4, -0.2) is 48.7 Å². The Hall–Kier alpha value is -2.24. The van der Waals surface area contributed by atoms with Crippen LogP contribution in [0.5, 0.6) is 11.5 Å². The normalized spacial score (nSPS) is 17.9. The number of piperidine rings is 1. The maximum absolute atomic E-state index is 12.6. The van der Waals surface area contributed by atoms with E-state index in [0.717, 1.165) is 12.8 Å². The maximum atomic E-state index is 12.6. The predicted molar refractivity (Wildman–Crippen MR) is 80.2 cm³/mol. The monoisotopic (exact) mass is 307 g/mol. The summed E-state index contributed by atoms with van der Waals surface area (Å²) in [5.41, 5.74) is 0.646. The van der Waals surface area contributed by atoms with Gasteiger partial charge in [-0.05, 0) is 31.4 Å². The molecular weight excluding hydrogens is 286 g/mol. The Morgan fingerprint density at radius 3 is 2.41 bits per heavy atom. The first-order valence-corrected chi connectivity index (χ1v) is 7.30. The van der Waals surface area contributed by atoms with Crippen molar-refractivity contribution in [1.82, 2.24) is 4.90 Å². The molecule has 1 N–H and O–H groups in total. The van der Waals surface area contributed by atoms with Gasteiger partial charge in [-0.25, -0.2) is 4.79 Å². The standard InChI is InChI=1S/C16H21NO5/c1-21-13-7-5-8-14(22-2)11(13)10-15(18)17-9-4-3-6-12(17)16(19)20/h5,7-8,12H,3-4,6,9-10H2,1-2H3,(H,19,20). The lowest BCUT2D eigenvalue weighted by Gasteiger charge is -2.33. The van der Waals surface area contributed by atoms with Crippen LogP contribution < -0.4 is 9.47 Å². The summed E-state index contributed by atoms with van der Waals surface area (Å²) in [5.74, 6) is -0.0249. The van der Waals surface area contributed by atoms with Crippen LogP contribution in [0, 0.1) is 0 Å². The van der Waals surface area contributed by atoms with Crippen LogP contribution in [-0.2, 0) is 16.0 Å². The van der Waals surface area contributed by atoms with E-state index in [-0.39, 0.29) is 12.3 Å². The Morgan fingerprint density at radius 2 is 1.86 bits per heavy atom. The molecule has 1 amide bonds. The Balaban J connectivity index is 2.22. The number of carbonyl (C=O) groups excluding carboxylic acids is 1. The van der Waals surface area contributed by atoms with Gasteiger partial charge in [0.25, 0.3) is 0 Å². The van der Waals surface area contributed by atoms with Crippen molar-refractivity contribution in [2.75, 3.05) is 20.8 Å². The molecule has 6 heteroatoms. The van der Waals surface area contributed by atoms with E-state index in [2.05, 4.69) is 0 Å². The molecule has 1 aromatic carbocycles.